The van der Waals surface area contributed by atoms with Gasteiger partial charge in [0.15, 0.2) is 0 Å². The molecule has 8 amide bonds. The van der Waals surface area contributed by atoms with E-state index in [0.29, 0.717) is 25.7 Å². The topological polar surface area (TPSA) is 382 Å². The Morgan fingerprint density at radius 1 is 0.492 bits per heavy atom. The van der Waals surface area contributed by atoms with E-state index in [1.807, 2.05) is 13.8 Å². The van der Waals surface area contributed by atoms with Crippen molar-refractivity contribution in [2.24, 2.45) is 34.8 Å². The highest BCUT2D eigenvalue weighted by molar-refractivity contribution is 5.97. The summed E-state index contributed by atoms with van der Waals surface area (Å²) in [7, 11) is 0. The van der Waals surface area contributed by atoms with Crippen LogP contribution in [0.25, 0.3) is 0 Å². The lowest BCUT2D eigenvalue weighted by atomic mass is 10.0. The van der Waals surface area contributed by atoms with Crippen LogP contribution in [0.1, 0.15) is 113 Å². The third-order valence-corrected chi connectivity index (χ3v) is 9.38. The second-order valence-electron chi connectivity index (χ2n) is 16.2. The van der Waals surface area contributed by atoms with Crippen LogP contribution < -0.4 is 60.2 Å². The van der Waals surface area contributed by atoms with Crippen LogP contribution in [0.5, 0.6) is 0 Å². The van der Waals surface area contributed by atoms with Gasteiger partial charge in [-0.3, -0.25) is 43.2 Å². The molecule has 0 unspecified atom stereocenters. The number of carboxylic acid groups (broad SMARTS) is 1. The summed E-state index contributed by atoms with van der Waals surface area (Å²) >= 11 is 0. The minimum atomic E-state index is -1.53. The molecule has 350 valence electrons. The predicted molar refractivity (Wildman–Crippen MR) is 225 cm³/mol. The normalized spacial score (nSPS) is 15.7. The summed E-state index contributed by atoms with van der Waals surface area (Å²) < 4.78 is 0. The molecule has 0 aliphatic carbocycles. The first-order chi connectivity index (χ1) is 28.4. The van der Waals surface area contributed by atoms with Crippen molar-refractivity contribution in [1.29, 1.82) is 0 Å². The van der Waals surface area contributed by atoms with Gasteiger partial charge in [-0.05, 0) is 103 Å². The van der Waals surface area contributed by atoms with Crippen LogP contribution in [0.4, 0.5) is 0 Å². The van der Waals surface area contributed by atoms with E-state index < -0.39 is 121 Å². The smallest absolute Gasteiger partial charge is 0.303 e. The summed E-state index contributed by atoms with van der Waals surface area (Å²) in [4.78, 5) is 117. The first kappa shape index (κ1) is 56.1. The number of nitrogens with one attached hydrogen (secondary N) is 7. The lowest BCUT2D eigenvalue weighted by Gasteiger charge is -2.29. The van der Waals surface area contributed by atoms with Crippen LogP contribution in [-0.2, 0) is 43.2 Å². The summed E-state index contributed by atoms with van der Waals surface area (Å²) in [6, 6.07) is -10.0. The van der Waals surface area contributed by atoms with Gasteiger partial charge in [0.05, 0.1) is 12.1 Å². The average Bonchev–Trinajstić information content (AvgIpc) is 3.15. The predicted octanol–water partition coefficient (Wildman–Crippen LogP) is -3.17. The number of aliphatic hydroxyl groups excluding tert-OH is 1. The van der Waals surface area contributed by atoms with Crippen molar-refractivity contribution in [3.05, 3.63) is 0 Å². The number of hydrogen-bond donors (Lipinski definition) is 13. The van der Waals surface area contributed by atoms with E-state index in [1.165, 1.54) is 20.8 Å². The standard InChI is InChI=1S/C39H73N11O11/c1-20(2)18-28(37(59)44-23(6)32(43)54)48-35(57)26(13-9-11-17-41)45-36(58)27(14-15-30(52)53)47-34(56)25(12-8-10-16-40)46-38(60)29(19-21(3)4)49-39(61)31(24(7)51)50-33(55)22(5)42/h20-29,31,51H,8-19,40-42H2,1-7H3,(H2,43,54)(H,44,59)(H,45,58)(H,46,60)(H,47,56)(H,48,57)(H,49,61)(H,50,55)(H,52,53)/t22-,23-,24+,25-,26-,27-,28-,29-,31-/m0/s1. The monoisotopic (exact) mass is 872 g/mol. The highest BCUT2D eigenvalue weighted by atomic mass is 16.4. The van der Waals surface area contributed by atoms with Crippen LogP contribution in [-0.4, -0.2) is 131 Å². The van der Waals surface area contributed by atoms with E-state index in [2.05, 4.69) is 37.2 Å². The maximum Gasteiger partial charge on any atom is 0.303 e. The van der Waals surface area contributed by atoms with Crippen molar-refractivity contribution in [2.75, 3.05) is 13.1 Å². The minimum absolute atomic E-state index is 0.0168. The van der Waals surface area contributed by atoms with Gasteiger partial charge in [-0.1, -0.05) is 27.7 Å². The van der Waals surface area contributed by atoms with Gasteiger partial charge in [0, 0.05) is 6.42 Å². The molecule has 0 aliphatic rings. The van der Waals surface area contributed by atoms with Crippen molar-refractivity contribution in [2.45, 2.75) is 167 Å². The van der Waals surface area contributed by atoms with E-state index in [1.54, 1.807) is 13.8 Å². The van der Waals surface area contributed by atoms with Crippen molar-refractivity contribution >= 4 is 53.2 Å². The van der Waals surface area contributed by atoms with Gasteiger partial charge < -0.3 is 70.4 Å². The number of amides is 8. The SMILES string of the molecule is CC(C)C[C@H](NC(=O)[C@H](CCCCN)NC(=O)[C@H](CCC(=O)O)NC(=O)[C@H](CCCCN)NC(=O)[C@H](CC(C)C)NC(=O)[C@@H](NC(=O)[C@H](C)N)[C@@H](C)O)C(=O)N[C@@H](C)C(N)=O. The fraction of sp³-hybridized carbons (Fsp3) is 0.769. The van der Waals surface area contributed by atoms with Crippen LogP contribution in [0.15, 0.2) is 0 Å². The Kier molecular flexibility index (Phi) is 27.0. The van der Waals surface area contributed by atoms with E-state index in [9.17, 15) is 53.4 Å². The third-order valence-electron chi connectivity index (χ3n) is 9.38. The molecule has 0 bridgehead atoms. The number of carbonyl (C=O) groups is 9. The van der Waals surface area contributed by atoms with Gasteiger partial charge in [0.2, 0.25) is 47.3 Å². The van der Waals surface area contributed by atoms with Crippen molar-refractivity contribution in [3.8, 4) is 0 Å². The molecule has 22 nitrogen and oxygen atoms in total. The Labute approximate surface area is 358 Å². The molecule has 0 aromatic heterocycles. The number of aliphatic hydroxyl groups is 1. The number of aliphatic carboxylic acids is 1. The minimum Gasteiger partial charge on any atom is -0.481 e. The Hall–Kier alpha value is -4.93. The highest BCUT2D eigenvalue weighted by Crippen LogP contribution is 2.12. The Morgan fingerprint density at radius 3 is 1.20 bits per heavy atom. The molecule has 0 saturated carbocycles. The molecule has 0 aromatic rings. The van der Waals surface area contributed by atoms with E-state index >= 15 is 0 Å². The van der Waals surface area contributed by atoms with Gasteiger partial charge in [-0.2, -0.15) is 0 Å². The van der Waals surface area contributed by atoms with Crippen molar-refractivity contribution < 1.29 is 53.4 Å². The summed E-state index contributed by atoms with van der Waals surface area (Å²) in [6.07, 6.45) is -0.463. The van der Waals surface area contributed by atoms with Crippen LogP contribution in [0.3, 0.4) is 0 Å². The van der Waals surface area contributed by atoms with Crippen LogP contribution >= 0.6 is 0 Å². The van der Waals surface area contributed by atoms with Gasteiger partial charge in [0.25, 0.3) is 0 Å². The lowest BCUT2D eigenvalue weighted by Crippen LogP contribution is -2.61. The number of carbonyl (C=O) groups excluding carboxylic acids is 8. The first-order valence-corrected chi connectivity index (χ1v) is 20.9. The quantitative estimate of drug-likeness (QED) is 0.0306. The number of carboxylic acids is 1. The lowest BCUT2D eigenvalue weighted by molar-refractivity contribution is -0.139. The van der Waals surface area contributed by atoms with E-state index in [0.717, 1.165) is 0 Å². The van der Waals surface area contributed by atoms with Gasteiger partial charge >= 0.3 is 5.97 Å². The number of hydrogen-bond acceptors (Lipinski definition) is 13. The largest absolute Gasteiger partial charge is 0.481 e. The van der Waals surface area contributed by atoms with Crippen LogP contribution in [0.2, 0.25) is 0 Å². The Morgan fingerprint density at radius 2 is 0.852 bits per heavy atom. The summed E-state index contributed by atoms with van der Waals surface area (Å²) in [5, 5.41) is 37.4. The van der Waals surface area contributed by atoms with Crippen molar-refractivity contribution in [3.63, 3.8) is 0 Å². The van der Waals surface area contributed by atoms with E-state index in [4.69, 9.17) is 22.9 Å². The molecule has 0 spiro atoms. The van der Waals surface area contributed by atoms with Gasteiger partial charge in [-0.15, -0.1) is 0 Å². The van der Waals surface area contributed by atoms with Gasteiger partial charge in [-0.25, -0.2) is 0 Å². The Balaban J connectivity index is 6.59. The maximum atomic E-state index is 13.9. The fourth-order valence-electron chi connectivity index (χ4n) is 5.89. The molecule has 17 N–H and O–H groups in total. The second-order valence-corrected chi connectivity index (χ2v) is 16.2. The molecule has 22 heteroatoms. The number of primary amides is 1. The fourth-order valence-corrected chi connectivity index (χ4v) is 5.89. The number of unbranched alkanes of at least 4 members (excludes halogenated alkanes) is 2. The Bertz CT molecular complexity index is 1460. The third kappa shape index (κ3) is 23.0. The molecule has 0 aliphatic heterocycles. The maximum absolute atomic E-state index is 13.9. The molecular formula is C39H73N11O11. The highest BCUT2D eigenvalue weighted by Gasteiger charge is 2.35. The van der Waals surface area contributed by atoms with Crippen molar-refractivity contribution in [1.82, 2.24) is 37.2 Å². The number of rotatable bonds is 31. The molecule has 0 rings (SSSR count). The molecule has 0 fully saturated rings. The zero-order valence-electron chi connectivity index (χ0n) is 36.7. The first-order valence-electron chi connectivity index (χ1n) is 20.9. The summed E-state index contributed by atoms with van der Waals surface area (Å²) in [5.41, 5.74) is 22.2. The summed E-state index contributed by atoms with van der Waals surface area (Å²) in [5.74, 6) is -8.00. The van der Waals surface area contributed by atoms with Crippen LogP contribution in [0, 0.1) is 11.8 Å². The average molecular weight is 872 g/mol. The molecule has 9 atom stereocenters. The molecule has 0 radical (unpaired) electrons. The number of nitrogens with two attached hydrogens (primary N) is 4. The molecule has 61 heavy (non-hydrogen) atoms. The molecule has 0 saturated heterocycles. The molecule has 0 heterocycles. The van der Waals surface area contributed by atoms with E-state index in [-0.39, 0.29) is 50.6 Å². The molecule has 0 aromatic carbocycles. The molecular weight excluding hydrogens is 798 g/mol. The zero-order chi connectivity index (χ0) is 47.0. The van der Waals surface area contributed by atoms with Gasteiger partial charge in [0.1, 0.15) is 42.3 Å². The second kappa shape index (κ2) is 29.3. The zero-order valence-corrected chi connectivity index (χ0v) is 36.7. The summed E-state index contributed by atoms with van der Waals surface area (Å²) in [6.45, 7) is 11.7.